The van der Waals surface area contributed by atoms with Crippen molar-refractivity contribution >= 4 is 15.9 Å². The molecule has 86 valence electrons. The monoisotopic (exact) mass is 236 g/mol. The second-order valence-corrected chi connectivity index (χ2v) is 5.98. The lowest BCUT2D eigenvalue weighted by Crippen LogP contribution is -1.94. The van der Waals surface area contributed by atoms with Crippen molar-refractivity contribution in [3.05, 3.63) is 34.7 Å². The molecule has 0 amide bonds. The first-order valence-corrected chi connectivity index (χ1v) is 7.24. The zero-order valence-corrected chi connectivity index (χ0v) is 10.3. The first-order valence-electron chi connectivity index (χ1n) is 5.69. The fourth-order valence-electron chi connectivity index (χ4n) is 1.96. The molecule has 0 saturated heterocycles. The molecule has 0 radical (unpaired) electrons. The molecule has 0 fully saturated rings. The van der Waals surface area contributed by atoms with Crippen LogP contribution in [0.15, 0.2) is 28.5 Å². The van der Waals surface area contributed by atoms with Crippen LogP contribution in [0.4, 0.5) is 0 Å². The first-order chi connectivity index (χ1) is 7.63. The average Bonchev–Trinajstić information content (AvgIpc) is 2.55. The number of aryl methyl sites for hydroxylation is 1. The predicted molar refractivity (Wildman–Crippen MR) is 65.9 cm³/mol. The summed E-state index contributed by atoms with van der Waals surface area (Å²) in [6.07, 6.45) is 6.33. The quantitative estimate of drug-likeness (QED) is 0.752. The van der Waals surface area contributed by atoms with Crippen LogP contribution < -0.4 is 0 Å². The molecule has 0 N–H and O–H groups in total. The maximum Gasteiger partial charge on any atom is 0.200 e. The Balaban J connectivity index is 2.19. The van der Waals surface area contributed by atoms with Crippen molar-refractivity contribution in [1.29, 1.82) is 0 Å². The maximum absolute atomic E-state index is 11.5. The second-order valence-electron chi connectivity index (χ2n) is 4.18. The molecule has 0 saturated carbocycles. The van der Waals surface area contributed by atoms with Gasteiger partial charge in [0.2, 0.25) is 0 Å². The topological polar surface area (TPSA) is 34.1 Å². The normalized spacial score (nSPS) is 16.3. The van der Waals surface area contributed by atoms with Gasteiger partial charge in [0, 0.05) is 5.41 Å². The molecule has 0 aliphatic carbocycles. The highest BCUT2D eigenvalue weighted by Gasteiger charge is 2.20. The zero-order chi connectivity index (χ0) is 11.6. The predicted octanol–water partition coefficient (Wildman–Crippen LogP) is 3.18. The van der Waals surface area contributed by atoms with Crippen LogP contribution in [0.3, 0.4) is 0 Å². The van der Waals surface area contributed by atoms with E-state index in [-0.39, 0.29) is 0 Å². The summed E-state index contributed by atoms with van der Waals surface area (Å²) in [5.41, 5.74) is 2.07. The molecule has 0 aromatic heterocycles. The Kier molecular flexibility index (Phi) is 3.15. The molecular weight excluding hydrogens is 220 g/mol. The van der Waals surface area contributed by atoms with Crippen molar-refractivity contribution in [2.45, 2.75) is 37.5 Å². The first kappa shape index (κ1) is 11.4. The van der Waals surface area contributed by atoms with Gasteiger partial charge in [0.15, 0.2) is 9.84 Å². The molecule has 1 aromatic carbocycles. The van der Waals surface area contributed by atoms with Gasteiger partial charge >= 0.3 is 0 Å². The molecule has 0 spiro atoms. The van der Waals surface area contributed by atoms with Gasteiger partial charge in [0.05, 0.1) is 4.90 Å². The fourth-order valence-corrected chi connectivity index (χ4v) is 3.14. The second kappa shape index (κ2) is 4.42. The smallest absolute Gasteiger partial charge is 0.200 e. The van der Waals surface area contributed by atoms with E-state index in [4.69, 9.17) is 0 Å². The number of rotatable bonds is 4. The summed E-state index contributed by atoms with van der Waals surface area (Å²) in [6.45, 7) is 2.18. The molecule has 2 nitrogen and oxygen atoms in total. The van der Waals surface area contributed by atoms with E-state index in [2.05, 4.69) is 6.92 Å². The fraction of sp³-hybridized carbons (Fsp3) is 0.385. The van der Waals surface area contributed by atoms with Crippen LogP contribution in [0.2, 0.25) is 0 Å². The van der Waals surface area contributed by atoms with Gasteiger partial charge in [-0.25, -0.2) is 8.42 Å². The minimum absolute atomic E-state index is 0.451. The molecule has 1 aromatic rings. The zero-order valence-electron chi connectivity index (χ0n) is 9.44. The third-order valence-electron chi connectivity index (χ3n) is 2.88. The van der Waals surface area contributed by atoms with Crippen molar-refractivity contribution in [2.75, 3.05) is 0 Å². The van der Waals surface area contributed by atoms with E-state index in [9.17, 15) is 8.42 Å². The number of hydrogen-bond donors (Lipinski definition) is 0. The summed E-state index contributed by atoms with van der Waals surface area (Å²) in [4.78, 5) is 0.451. The van der Waals surface area contributed by atoms with E-state index in [1.54, 1.807) is 12.1 Å². The number of unbranched alkanes of at least 4 members (excludes halogenated alkanes) is 2. The van der Waals surface area contributed by atoms with Crippen LogP contribution in [0.5, 0.6) is 0 Å². The standard InChI is InChI=1S/C13H16O2S/c1-2-3-4-5-11-6-7-13-12(10-11)8-9-16(13,14)15/h6-10H,2-5H2,1H3. The van der Waals surface area contributed by atoms with Gasteiger partial charge in [-0.3, -0.25) is 0 Å². The molecule has 0 bridgehead atoms. The molecule has 2 rings (SSSR count). The van der Waals surface area contributed by atoms with Gasteiger partial charge in [-0.05, 0) is 36.1 Å². The molecule has 1 aliphatic heterocycles. The Morgan fingerprint density at radius 2 is 2.00 bits per heavy atom. The van der Waals surface area contributed by atoms with Crippen molar-refractivity contribution in [1.82, 2.24) is 0 Å². The van der Waals surface area contributed by atoms with Gasteiger partial charge in [-0.15, -0.1) is 0 Å². The van der Waals surface area contributed by atoms with Crippen LogP contribution in [0.25, 0.3) is 6.08 Å². The Labute approximate surface area is 96.9 Å². The summed E-state index contributed by atoms with van der Waals surface area (Å²) in [5.74, 6) is 0. The Bertz CT molecular complexity index is 513. The lowest BCUT2D eigenvalue weighted by molar-refractivity contribution is 0.605. The van der Waals surface area contributed by atoms with Crippen molar-refractivity contribution in [3.8, 4) is 0 Å². The lowest BCUT2D eigenvalue weighted by Gasteiger charge is -2.03. The van der Waals surface area contributed by atoms with E-state index in [1.807, 2.05) is 12.1 Å². The number of fused-ring (bicyclic) bond motifs is 1. The number of sulfone groups is 1. The SMILES string of the molecule is CCCCCc1ccc2c(c1)C=CS2(=O)=O. The Morgan fingerprint density at radius 3 is 2.75 bits per heavy atom. The molecule has 0 atom stereocenters. The molecular formula is C13H16O2S. The van der Waals surface area contributed by atoms with E-state index in [0.29, 0.717) is 4.90 Å². The van der Waals surface area contributed by atoms with E-state index in [1.165, 1.54) is 30.2 Å². The highest BCUT2D eigenvalue weighted by atomic mass is 32.2. The summed E-state index contributed by atoms with van der Waals surface area (Å²) in [7, 11) is -3.13. The molecule has 3 heteroatoms. The Hall–Kier alpha value is -1.09. The van der Waals surface area contributed by atoms with Crippen molar-refractivity contribution in [3.63, 3.8) is 0 Å². The van der Waals surface area contributed by atoms with E-state index >= 15 is 0 Å². The highest BCUT2D eigenvalue weighted by Crippen LogP contribution is 2.27. The van der Waals surface area contributed by atoms with Gasteiger partial charge in [-0.1, -0.05) is 31.9 Å². The van der Waals surface area contributed by atoms with E-state index in [0.717, 1.165) is 12.0 Å². The minimum Gasteiger partial charge on any atom is -0.219 e. The number of benzene rings is 1. The Morgan fingerprint density at radius 1 is 1.19 bits per heavy atom. The molecule has 1 aliphatic rings. The van der Waals surface area contributed by atoms with Crippen LogP contribution in [-0.4, -0.2) is 8.42 Å². The van der Waals surface area contributed by atoms with Crippen LogP contribution >= 0.6 is 0 Å². The van der Waals surface area contributed by atoms with Gasteiger partial charge in [0.25, 0.3) is 0 Å². The third kappa shape index (κ3) is 2.19. The summed E-state index contributed by atoms with van der Waals surface area (Å²) < 4.78 is 23.1. The van der Waals surface area contributed by atoms with Crippen molar-refractivity contribution in [2.24, 2.45) is 0 Å². The summed E-state index contributed by atoms with van der Waals surface area (Å²) in [6, 6.07) is 5.65. The van der Waals surface area contributed by atoms with Gasteiger partial charge in [0.1, 0.15) is 0 Å². The largest absolute Gasteiger partial charge is 0.219 e. The minimum atomic E-state index is -3.13. The van der Waals surface area contributed by atoms with Gasteiger partial charge < -0.3 is 0 Å². The van der Waals surface area contributed by atoms with Crippen LogP contribution in [-0.2, 0) is 16.3 Å². The van der Waals surface area contributed by atoms with Crippen LogP contribution in [0.1, 0.15) is 37.3 Å². The lowest BCUT2D eigenvalue weighted by atomic mass is 10.0. The summed E-state index contributed by atoms with van der Waals surface area (Å²) >= 11 is 0. The summed E-state index contributed by atoms with van der Waals surface area (Å²) in [5, 5.41) is 1.29. The van der Waals surface area contributed by atoms with Gasteiger partial charge in [-0.2, -0.15) is 0 Å². The van der Waals surface area contributed by atoms with Crippen LogP contribution in [0, 0.1) is 0 Å². The highest BCUT2D eigenvalue weighted by molar-refractivity contribution is 7.94. The molecule has 16 heavy (non-hydrogen) atoms. The van der Waals surface area contributed by atoms with Crippen molar-refractivity contribution < 1.29 is 8.42 Å². The number of hydrogen-bond acceptors (Lipinski definition) is 2. The third-order valence-corrected chi connectivity index (χ3v) is 4.36. The average molecular weight is 236 g/mol. The molecule has 1 heterocycles. The maximum atomic E-state index is 11.5. The van der Waals surface area contributed by atoms with E-state index < -0.39 is 9.84 Å². The molecule has 0 unspecified atom stereocenters.